The average Bonchev–Trinajstić information content (AvgIpc) is 2.79. The van der Waals surface area contributed by atoms with Crippen molar-refractivity contribution in [3.63, 3.8) is 0 Å². The summed E-state index contributed by atoms with van der Waals surface area (Å²) in [7, 11) is 0. The Bertz CT molecular complexity index is 473. The van der Waals surface area contributed by atoms with Gasteiger partial charge in [-0.3, -0.25) is 4.79 Å². The van der Waals surface area contributed by atoms with Gasteiger partial charge in [0.05, 0.1) is 6.42 Å². The molecular formula is C15H23N3O2S. The number of carbonyl (C=O) groups excluding carboxylic acids is 2. The van der Waals surface area contributed by atoms with Gasteiger partial charge >= 0.3 is 6.03 Å². The summed E-state index contributed by atoms with van der Waals surface area (Å²) in [5.41, 5.74) is 0. The molecule has 116 valence electrons. The summed E-state index contributed by atoms with van der Waals surface area (Å²) in [6, 6.07) is 4.06. The third kappa shape index (κ3) is 4.74. The Balaban J connectivity index is 1.85. The van der Waals surface area contributed by atoms with E-state index < -0.39 is 0 Å². The van der Waals surface area contributed by atoms with Crippen LogP contribution in [0.4, 0.5) is 4.79 Å². The standard InChI is InChI=1S/C15H23N3O2S/c1-12(2)16-15(20)18-7-4-6-17(8-9-18)14(19)11-13-5-3-10-21-13/h3,5,10,12H,4,6-9,11H2,1-2H3,(H,16,20). The van der Waals surface area contributed by atoms with E-state index in [1.165, 1.54) is 0 Å². The number of rotatable bonds is 3. The summed E-state index contributed by atoms with van der Waals surface area (Å²) < 4.78 is 0. The molecule has 2 heterocycles. The first-order chi connectivity index (χ1) is 10.1. The molecule has 0 radical (unpaired) electrons. The number of hydrogen-bond acceptors (Lipinski definition) is 3. The molecule has 0 aliphatic carbocycles. The largest absolute Gasteiger partial charge is 0.341 e. The molecule has 0 bridgehead atoms. The van der Waals surface area contributed by atoms with E-state index in [4.69, 9.17) is 0 Å². The predicted octanol–water partition coefficient (Wildman–Crippen LogP) is 1.94. The van der Waals surface area contributed by atoms with Gasteiger partial charge in [0, 0.05) is 37.1 Å². The smallest absolute Gasteiger partial charge is 0.317 e. The van der Waals surface area contributed by atoms with Gasteiger partial charge < -0.3 is 15.1 Å². The molecule has 1 aliphatic rings. The molecule has 2 rings (SSSR count). The van der Waals surface area contributed by atoms with Gasteiger partial charge in [0.15, 0.2) is 0 Å². The van der Waals surface area contributed by atoms with Crippen LogP contribution in [0.5, 0.6) is 0 Å². The SMILES string of the molecule is CC(C)NC(=O)N1CCCN(C(=O)Cc2cccs2)CC1. The van der Waals surface area contributed by atoms with E-state index in [1.807, 2.05) is 36.3 Å². The van der Waals surface area contributed by atoms with E-state index in [-0.39, 0.29) is 18.0 Å². The fraction of sp³-hybridized carbons (Fsp3) is 0.600. The van der Waals surface area contributed by atoms with Gasteiger partial charge in [-0.05, 0) is 31.7 Å². The molecule has 1 aromatic rings. The molecule has 21 heavy (non-hydrogen) atoms. The maximum atomic E-state index is 12.3. The number of amides is 3. The van der Waals surface area contributed by atoms with Crippen molar-refractivity contribution >= 4 is 23.3 Å². The number of urea groups is 1. The summed E-state index contributed by atoms with van der Waals surface area (Å²) in [4.78, 5) is 29.1. The van der Waals surface area contributed by atoms with Gasteiger partial charge in [-0.25, -0.2) is 4.79 Å². The molecular weight excluding hydrogens is 286 g/mol. The second kappa shape index (κ2) is 7.45. The Morgan fingerprint density at radius 2 is 1.95 bits per heavy atom. The van der Waals surface area contributed by atoms with E-state index in [2.05, 4.69) is 5.32 Å². The van der Waals surface area contributed by atoms with Crippen molar-refractivity contribution in [3.8, 4) is 0 Å². The van der Waals surface area contributed by atoms with Crippen LogP contribution in [0.1, 0.15) is 25.1 Å². The van der Waals surface area contributed by atoms with E-state index in [9.17, 15) is 9.59 Å². The van der Waals surface area contributed by atoms with Gasteiger partial charge in [-0.1, -0.05) is 6.07 Å². The van der Waals surface area contributed by atoms with Gasteiger partial charge in [-0.2, -0.15) is 0 Å². The van der Waals surface area contributed by atoms with Gasteiger partial charge in [0.2, 0.25) is 5.91 Å². The normalized spacial score (nSPS) is 16.0. The first-order valence-electron chi connectivity index (χ1n) is 7.42. The van der Waals surface area contributed by atoms with Gasteiger partial charge in [0.25, 0.3) is 0 Å². The van der Waals surface area contributed by atoms with Crippen LogP contribution >= 0.6 is 11.3 Å². The predicted molar refractivity (Wildman–Crippen MR) is 84.5 cm³/mol. The zero-order chi connectivity index (χ0) is 15.2. The Morgan fingerprint density at radius 3 is 2.62 bits per heavy atom. The zero-order valence-corrected chi connectivity index (χ0v) is 13.5. The summed E-state index contributed by atoms with van der Waals surface area (Å²) in [5.74, 6) is 0.156. The molecule has 0 aromatic carbocycles. The Kier molecular flexibility index (Phi) is 5.61. The lowest BCUT2D eigenvalue weighted by Gasteiger charge is -2.23. The van der Waals surface area contributed by atoms with Crippen molar-refractivity contribution in [2.75, 3.05) is 26.2 Å². The fourth-order valence-electron chi connectivity index (χ4n) is 2.38. The van der Waals surface area contributed by atoms with Crippen LogP contribution in [-0.4, -0.2) is 54.0 Å². The Hall–Kier alpha value is -1.56. The van der Waals surface area contributed by atoms with Crippen molar-refractivity contribution in [3.05, 3.63) is 22.4 Å². The number of hydrogen-bond donors (Lipinski definition) is 1. The zero-order valence-electron chi connectivity index (χ0n) is 12.7. The molecule has 6 heteroatoms. The molecule has 5 nitrogen and oxygen atoms in total. The Morgan fingerprint density at radius 1 is 1.24 bits per heavy atom. The van der Waals surface area contributed by atoms with Crippen molar-refractivity contribution in [1.82, 2.24) is 15.1 Å². The van der Waals surface area contributed by atoms with E-state index in [1.54, 1.807) is 16.2 Å². The minimum absolute atomic E-state index is 0.0300. The summed E-state index contributed by atoms with van der Waals surface area (Å²) in [6.45, 7) is 6.57. The minimum Gasteiger partial charge on any atom is -0.341 e. The lowest BCUT2D eigenvalue weighted by molar-refractivity contribution is -0.130. The number of nitrogens with one attached hydrogen (secondary N) is 1. The fourth-order valence-corrected chi connectivity index (χ4v) is 3.08. The van der Waals surface area contributed by atoms with E-state index >= 15 is 0 Å². The number of nitrogens with zero attached hydrogens (tertiary/aromatic N) is 2. The highest BCUT2D eigenvalue weighted by Crippen LogP contribution is 2.12. The monoisotopic (exact) mass is 309 g/mol. The van der Waals surface area contributed by atoms with Crippen LogP contribution in [0.15, 0.2) is 17.5 Å². The molecule has 1 saturated heterocycles. The first-order valence-corrected chi connectivity index (χ1v) is 8.30. The van der Waals surface area contributed by atoms with Crippen molar-refractivity contribution in [1.29, 1.82) is 0 Å². The Labute approximate surface area is 129 Å². The second-order valence-corrected chi connectivity index (χ2v) is 6.61. The molecule has 1 aromatic heterocycles. The number of carbonyl (C=O) groups is 2. The van der Waals surface area contributed by atoms with Crippen LogP contribution in [0.3, 0.4) is 0 Å². The van der Waals surface area contributed by atoms with Crippen LogP contribution < -0.4 is 5.32 Å². The molecule has 1 N–H and O–H groups in total. The van der Waals surface area contributed by atoms with Gasteiger partial charge in [-0.15, -0.1) is 11.3 Å². The van der Waals surface area contributed by atoms with Crippen molar-refractivity contribution < 1.29 is 9.59 Å². The minimum atomic E-state index is -0.0300. The molecule has 0 spiro atoms. The molecule has 0 saturated carbocycles. The summed E-state index contributed by atoms with van der Waals surface area (Å²) in [5, 5.41) is 4.89. The third-order valence-corrected chi connectivity index (χ3v) is 4.33. The second-order valence-electron chi connectivity index (χ2n) is 5.58. The maximum Gasteiger partial charge on any atom is 0.317 e. The molecule has 1 aliphatic heterocycles. The molecule has 0 atom stereocenters. The molecule has 3 amide bonds. The lowest BCUT2D eigenvalue weighted by atomic mass is 10.3. The van der Waals surface area contributed by atoms with Crippen molar-refractivity contribution in [2.45, 2.75) is 32.7 Å². The highest BCUT2D eigenvalue weighted by atomic mass is 32.1. The average molecular weight is 309 g/mol. The maximum absolute atomic E-state index is 12.3. The first kappa shape index (κ1) is 15.8. The van der Waals surface area contributed by atoms with Gasteiger partial charge in [0.1, 0.15) is 0 Å². The lowest BCUT2D eigenvalue weighted by Crippen LogP contribution is -2.45. The van der Waals surface area contributed by atoms with Crippen LogP contribution in [-0.2, 0) is 11.2 Å². The third-order valence-electron chi connectivity index (χ3n) is 3.45. The highest BCUT2D eigenvalue weighted by Gasteiger charge is 2.22. The highest BCUT2D eigenvalue weighted by molar-refractivity contribution is 7.10. The molecule has 1 fully saturated rings. The quantitative estimate of drug-likeness (QED) is 0.928. The topological polar surface area (TPSA) is 52.7 Å². The summed E-state index contributed by atoms with van der Waals surface area (Å²) >= 11 is 1.61. The number of thiophene rings is 1. The summed E-state index contributed by atoms with van der Waals surface area (Å²) in [6.07, 6.45) is 1.30. The molecule has 0 unspecified atom stereocenters. The van der Waals surface area contributed by atoms with Crippen molar-refractivity contribution in [2.24, 2.45) is 0 Å². The van der Waals surface area contributed by atoms with Crippen LogP contribution in [0, 0.1) is 0 Å². The van der Waals surface area contributed by atoms with E-state index in [0.29, 0.717) is 26.1 Å². The van der Waals surface area contributed by atoms with Crippen LogP contribution in [0.25, 0.3) is 0 Å². The van der Waals surface area contributed by atoms with E-state index in [0.717, 1.165) is 17.8 Å². The van der Waals surface area contributed by atoms with Crippen LogP contribution in [0.2, 0.25) is 0 Å².